The Morgan fingerprint density at radius 1 is 0.833 bits per heavy atom. The maximum Gasteiger partial charge on any atom is 0.313 e. The first kappa shape index (κ1) is 18.1. The van der Waals surface area contributed by atoms with Crippen LogP contribution in [0.3, 0.4) is 0 Å². The van der Waals surface area contributed by atoms with Crippen molar-refractivity contribution in [2.45, 2.75) is 75.4 Å². The second-order valence-electron chi connectivity index (χ2n) is 7.29. The third-order valence-corrected chi connectivity index (χ3v) is 5.78. The van der Waals surface area contributed by atoms with Gasteiger partial charge in [0.2, 0.25) is 0 Å². The SMILES string of the molecule is O=C1CCC(C(F)(F)C(F)(F)C2CCC3(CC2)OCCCO3)CC1. The molecule has 1 spiro atoms. The molecular weight excluding hydrogens is 328 g/mol. The van der Waals surface area contributed by atoms with Crippen LogP contribution in [0, 0.1) is 11.8 Å². The predicted octanol–water partition coefficient (Wildman–Crippen LogP) is 4.34. The Bertz CT molecular complexity index is 454. The van der Waals surface area contributed by atoms with Gasteiger partial charge >= 0.3 is 11.8 Å². The van der Waals surface area contributed by atoms with Crippen molar-refractivity contribution < 1.29 is 31.8 Å². The Hall–Kier alpha value is -0.690. The molecule has 3 nitrogen and oxygen atoms in total. The third kappa shape index (κ3) is 3.21. The van der Waals surface area contributed by atoms with Crippen LogP contribution in [0.1, 0.15) is 57.8 Å². The van der Waals surface area contributed by atoms with E-state index in [4.69, 9.17) is 9.47 Å². The number of alkyl halides is 4. The number of ether oxygens (including phenoxy) is 2. The molecule has 2 aliphatic carbocycles. The molecule has 138 valence electrons. The molecule has 3 rings (SSSR count). The van der Waals surface area contributed by atoms with Crippen LogP contribution in [0.25, 0.3) is 0 Å². The van der Waals surface area contributed by atoms with Gasteiger partial charge in [0.1, 0.15) is 5.78 Å². The minimum absolute atomic E-state index is 0.0220. The van der Waals surface area contributed by atoms with E-state index in [1.807, 2.05) is 0 Å². The molecule has 1 heterocycles. The summed E-state index contributed by atoms with van der Waals surface area (Å²) in [5.41, 5.74) is 0. The highest BCUT2D eigenvalue weighted by molar-refractivity contribution is 5.79. The zero-order chi connectivity index (χ0) is 17.4. The van der Waals surface area contributed by atoms with E-state index in [0.717, 1.165) is 6.42 Å². The van der Waals surface area contributed by atoms with Gasteiger partial charge in [0, 0.05) is 37.5 Å². The summed E-state index contributed by atoms with van der Waals surface area (Å²) in [5, 5.41) is 0. The van der Waals surface area contributed by atoms with Crippen molar-refractivity contribution in [3.05, 3.63) is 0 Å². The fourth-order valence-corrected chi connectivity index (χ4v) is 4.17. The number of carbonyl (C=O) groups is 1. The summed E-state index contributed by atoms with van der Waals surface area (Å²) >= 11 is 0. The molecule has 7 heteroatoms. The lowest BCUT2D eigenvalue weighted by molar-refractivity contribution is -0.307. The lowest BCUT2D eigenvalue weighted by Crippen LogP contribution is -2.54. The number of hydrogen-bond acceptors (Lipinski definition) is 3. The molecule has 0 unspecified atom stereocenters. The van der Waals surface area contributed by atoms with Gasteiger partial charge in [0.25, 0.3) is 0 Å². The molecule has 3 fully saturated rings. The minimum Gasteiger partial charge on any atom is -0.350 e. The number of hydrogen-bond donors (Lipinski definition) is 0. The summed E-state index contributed by atoms with van der Waals surface area (Å²) in [6, 6.07) is 0. The van der Waals surface area contributed by atoms with Gasteiger partial charge in [-0.3, -0.25) is 4.79 Å². The maximum absolute atomic E-state index is 14.6. The summed E-state index contributed by atoms with van der Waals surface area (Å²) < 4.78 is 69.4. The van der Waals surface area contributed by atoms with E-state index in [0.29, 0.717) is 13.2 Å². The Morgan fingerprint density at radius 3 is 1.79 bits per heavy atom. The van der Waals surface area contributed by atoms with Crippen LogP contribution >= 0.6 is 0 Å². The predicted molar refractivity (Wildman–Crippen MR) is 78.1 cm³/mol. The second kappa shape index (κ2) is 6.56. The summed E-state index contributed by atoms with van der Waals surface area (Å²) in [4.78, 5) is 11.2. The smallest absolute Gasteiger partial charge is 0.313 e. The number of carbonyl (C=O) groups excluding carboxylic acids is 1. The Kier molecular flexibility index (Phi) is 4.95. The summed E-state index contributed by atoms with van der Waals surface area (Å²) in [6.07, 6.45) is 0.813. The Labute approximate surface area is 139 Å². The van der Waals surface area contributed by atoms with Gasteiger partial charge in [-0.2, -0.15) is 17.6 Å². The Balaban J connectivity index is 1.65. The fourth-order valence-electron chi connectivity index (χ4n) is 4.17. The van der Waals surface area contributed by atoms with Crippen molar-refractivity contribution in [3.8, 4) is 0 Å². The van der Waals surface area contributed by atoms with Crippen molar-refractivity contribution in [2.24, 2.45) is 11.8 Å². The summed E-state index contributed by atoms with van der Waals surface area (Å²) in [5.74, 6) is -11.9. The molecule has 3 aliphatic rings. The first-order valence-corrected chi connectivity index (χ1v) is 8.82. The molecule has 0 aromatic rings. The first-order valence-electron chi connectivity index (χ1n) is 8.82. The number of Topliss-reactive ketones (excluding diaryl/α,β-unsaturated/α-hetero) is 1. The van der Waals surface area contributed by atoms with E-state index in [-0.39, 0.29) is 57.1 Å². The molecule has 1 aliphatic heterocycles. The average molecular weight is 352 g/mol. The molecule has 24 heavy (non-hydrogen) atoms. The molecule has 0 aromatic carbocycles. The second-order valence-corrected chi connectivity index (χ2v) is 7.29. The number of ketones is 1. The fraction of sp³-hybridized carbons (Fsp3) is 0.941. The quantitative estimate of drug-likeness (QED) is 0.709. The highest BCUT2D eigenvalue weighted by atomic mass is 19.3. The van der Waals surface area contributed by atoms with Gasteiger partial charge in [-0.1, -0.05) is 0 Å². The van der Waals surface area contributed by atoms with E-state index in [1.54, 1.807) is 0 Å². The van der Waals surface area contributed by atoms with Crippen LogP contribution in [0.5, 0.6) is 0 Å². The lowest BCUT2D eigenvalue weighted by atomic mass is 9.74. The average Bonchev–Trinajstić information content (AvgIpc) is 2.56. The highest BCUT2D eigenvalue weighted by Gasteiger charge is 2.65. The maximum atomic E-state index is 14.6. The minimum atomic E-state index is -4.07. The molecule has 0 aromatic heterocycles. The monoisotopic (exact) mass is 352 g/mol. The largest absolute Gasteiger partial charge is 0.350 e. The zero-order valence-electron chi connectivity index (χ0n) is 13.7. The molecule has 0 radical (unpaired) electrons. The van der Waals surface area contributed by atoms with Crippen LogP contribution in [-0.4, -0.2) is 36.6 Å². The first-order chi connectivity index (χ1) is 11.3. The number of halogens is 4. The topological polar surface area (TPSA) is 35.5 Å². The van der Waals surface area contributed by atoms with Gasteiger partial charge in [0.15, 0.2) is 5.79 Å². The van der Waals surface area contributed by atoms with Gasteiger partial charge in [-0.25, -0.2) is 0 Å². The van der Waals surface area contributed by atoms with Crippen molar-refractivity contribution >= 4 is 5.78 Å². The van der Waals surface area contributed by atoms with Crippen molar-refractivity contribution in [1.82, 2.24) is 0 Å². The van der Waals surface area contributed by atoms with Crippen molar-refractivity contribution in [3.63, 3.8) is 0 Å². The molecule has 0 bridgehead atoms. The van der Waals surface area contributed by atoms with Crippen LogP contribution < -0.4 is 0 Å². The van der Waals surface area contributed by atoms with Crippen LogP contribution in [-0.2, 0) is 14.3 Å². The molecule has 2 saturated carbocycles. The molecular formula is C17H24F4O3. The lowest BCUT2D eigenvalue weighted by Gasteiger charge is -2.45. The summed E-state index contributed by atoms with van der Waals surface area (Å²) in [6.45, 7) is 1.04. The highest BCUT2D eigenvalue weighted by Crippen LogP contribution is 2.53. The van der Waals surface area contributed by atoms with Crippen molar-refractivity contribution in [2.75, 3.05) is 13.2 Å². The zero-order valence-corrected chi connectivity index (χ0v) is 13.7. The van der Waals surface area contributed by atoms with Crippen LogP contribution in [0.2, 0.25) is 0 Å². The number of rotatable bonds is 3. The van der Waals surface area contributed by atoms with Crippen LogP contribution in [0.4, 0.5) is 17.6 Å². The van der Waals surface area contributed by atoms with E-state index in [1.165, 1.54) is 0 Å². The molecule has 0 atom stereocenters. The van der Waals surface area contributed by atoms with E-state index in [2.05, 4.69) is 0 Å². The van der Waals surface area contributed by atoms with Gasteiger partial charge in [0.05, 0.1) is 13.2 Å². The van der Waals surface area contributed by atoms with Gasteiger partial charge in [-0.15, -0.1) is 0 Å². The molecule has 1 saturated heterocycles. The molecule has 0 amide bonds. The van der Waals surface area contributed by atoms with E-state index >= 15 is 0 Å². The normalized spacial score (nSPS) is 27.6. The van der Waals surface area contributed by atoms with E-state index < -0.39 is 29.5 Å². The Morgan fingerprint density at radius 2 is 1.29 bits per heavy atom. The molecule has 0 N–H and O–H groups in total. The van der Waals surface area contributed by atoms with Gasteiger partial charge in [-0.05, 0) is 32.1 Å². The van der Waals surface area contributed by atoms with E-state index in [9.17, 15) is 22.4 Å². The standard InChI is InChI=1S/C17H24F4O3/c18-16(19,12-2-4-14(22)5-3-12)17(20,21)13-6-8-15(9-7-13)23-10-1-11-24-15/h12-13H,1-11H2. The van der Waals surface area contributed by atoms with Crippen LogP contribution in [0.15, 0.2) is 0 Å². The summed E-state index contributed by atoms with van der Waals surface area (Å²) in [7, 11) is 0. The van der Waals surface area contributed by atoms with Gasteiger partial charge < -0.3 is 9.47 Å². The third-order valence-electron chi connectivity index (χ3n) is 5.78. The van der Waals surface area contributed by atoms with Crippen molar-refractivity contribution in [1.29, 1.82) is 0 Å².